The van der Waals surface area contributed by atoms with Crippen molar-refractivity contribution in [3.8, 4) is 28.7 Å². The maximum Gasteiger partial charge on any atom is 0.346 e. The van der Waals surface area contributed by atoms with Crippen molar-refractivity contribution in [1.82, 2.24) is 0 Å². The van der Waals surface area contributed by atoms with Crippen molar-refractivity contribution in [2.75, 3.05) is 0 Å². The summed E-state index contributed by atoms with van der Waals surface area (Å²) in [6.07, 6.45) is 0.884. The number of nitriles is 1. The summed E-state index contributed by atoms with van der Waals surface area (Å²) in [4.78, 5) is 12.4. The van der Waals surface area contributed by atoms with Gasteiger partial charge in [-0.1, -0.05) is 25.1 Å². The van der Waals surface area contributed by atoms with Gasteiger partial charge in [-0.2, -0.15) is 5.26 Å². The molecule has 0 fully saturated rings. The average molecular weight is 391 g/mol. The van der Waals surface area contributed by atoms with Gasteiger partial charge in [-0.25, -0.2) is 13.6 Å². The molecule has 0 bridgehead atoms. The van der Waals surface area contributed by atoms with Crippen molar-refractivity contribution in [2.24, 2.45) is 0 Å². The third kappa shape index (κ3) is 3.32. The van der Waals surface area contributed by atoms with Crippen LogP contribution in [0, 0.1) is 23.0 Å². The molecule has 144 valence electrons. The minimum Gasteiger partial charge on any atom is -0.485 e. The highest BCUT2D eigenvalue weighted by Crippen LogP contribution is 2.40. The first kappa shape index (κ1) is 18.6. The summed E-state index contributed by atoms with van der Waals surface area (Å²) in [6.45, 7) is 2.25. The number of aryl methyl sites for hydroxylation is 1. The number of hydrogen-bond donors (Lipinski definition) is 0. The summed E-state index contributed by atoms with van der Waals surface area (Å²) in [5, 5.41) is 8.76. The van der Waals surface area contributed by atoms with Gasteiger partial charge in [0.15, 0.2) is 11.6 Å². The number of fused-ring (bicyclic) bond motifs is 3. The molecule has 1 aliphatic rings. The van der Waals surface area contributed by atoms with E-state index in [0.29, 0.717) is 5.56 Å². The summed E-state index contributed by atoms with van der Waals surface area (Å²) in [6, 6.07) is 13.9. The molecule has 0 saturated carbocycles. The van der Waals surface area contributed by atoms with Crippen LogP contribution >= 0.6 is 0 Å². The fourth-order valence-corrected chi connectivity index (χ4v) is 3.28. The van der Waals surface area contributed by atoms with Crippen molar-refractivity contribution >= 4 is 5.97 Å². The van der Waals surface area contributed by atoms with Crippen LogP contribution in [0.25, 0.3) is 11.1 Å². The van der Waals surface area contributed by atoms with E-state index in [-0.39, 0.29) is 29.2 Å². The van der Waals surface area contributed by atoms with E-state index in [1.54, 1.807) is 12.1 Å². The Hall–Kier alpha value is -3.72. The molecule has 0 spiro atoms. The van der Waals surface area contributed by atoms with Crippen LogP contribution in [0.15, 0.2) is 48.5 Å². The van der Waals surface area contributed by atoms with Crippen LogP contribution in [0.2, 0.25) is 0 Å². The first-order valence-corrected chi connectivity index (χ1v) is 9.01. The van der Waals surface area contributed by atoms with Crippen molar-refractivity contribution in [3.05, 3.63) is 82.4 Å². The molecule has 0 aliphatic carbocycles. The molecular formula is C23H15F2NO3. The van der Waals surface area contributed by atoms with Crippen LogP contribution in [-0.4, -0.2) is 5.97 Å². The number of ether oxygens (including phenoxy) is 2. The SMILES string of the molecule is CCc1ccc2c(c1)COc1c-2ccc(C(=O)Oc2ccc(C#N)c(F)c2)c1F. The zero-order valence-electron chi connectivity index (χ0n) is 15.5. The highest BCUT2D eigenvalue weighted by Gasteiger charge is 2.26. The fraction of sp³-hybridized carbons (Fsp3) is 0.130. The number of carbonyl (C=O) groups is 1. The van der Waals surface area contributed by atoms with Crippen LogP contribution in [0.3, 0.4) is 0 Å². The number of hydrogen-bond acceptors (Lipinski definition) is 4. The number of esters is 1. The predicted molar refractivity (Wildman–Crippen MR) is 102 cm³/mol. The van der Waals surface area contributed by atoms with Crippen LogP contribution in [0.1, 0.15) is 34.0 Å². The molecular weight excluding hydrogens is 376 g/mol. The largest absolute Gasteiger partial charge is 0.485 e. The van der Waals surface area contributed by atoms with Gasteiger partial charge in [0.25, 0.3) is 0 Å². The van der Waals surface area contributed by atoms with E-state index >= 15 is 4.39 Å². The lowest BCUT2D eigenvalue weighted by molar-refractivity contribution is 0.0728. The minimum absolute atomic E-state index is 0.0118. The molecule has 0 saturated heterocycles. The predicted octanol–water partition coefficient (Wildman–Crippen LogP) is 5.18. The second kappa shape index (κ2) is 7.36. The summed E-state index contributed by atoms with van der Waals surface area (Å²) in [5.41, 5.74) is 3.04. The van der Waals surface area contributed by atoms with Gasteiger partial charge in [0, 0.05) is 11.6 Å². The molecule has 0 aromatic heterocycles. The molecule has 4 nitrogen and oxygen atoms in total. The van der Waals surface area contributed by atoms with E-state index < -0.39 is 17.6 Å². The van der Waals surface area contributed by atoms with Crippen molar-refractivity contribution in [2.45, 2.75) is 20.0 Å². The van der Waals surface area contributed by atoms with Crippen molar-refractivity contribution in [3.63, 3.8) is 0 Å². The number of benzene rings is 3. The molecule has 0 unspecified atom stereocenters. The molecule has 0 N–H and O–H groups in total. The van der Waals surface area contributed by atoms with E-state index in [9.17, 15) is 9.18 Å². The Morgan fingerprint density at radius 1 is 1.14 bits per heavy atom. The van der Waals surface area contributed by atoms with Gasteiger partial charge in [-0.15, -0.1) is 0 Å². The monoisotopic (exact) mass is 391 g/mol. The van der Waals surface area contributed by atoms with Crippen LogP contribution in [-0.2, 0) is 13.0 Å². The van der Waals surface area contributed by atoms with Crippen LogP contribution < -0.4 is 9.47 Å². The Kier molecular flexibility index (Phi) is 4.73. The zero-order chi connectivity index (χ0) is 20.5. The van der Waals surface area contributed by atoms with E-state index in [2.05, 4.69) is 6.92 Å². The van der Waals surface area contributed by atoms with Crippen LogP contribution in [0.5, 0.6) is 11.5 Å². The van der Waals surface area contributed by atoms with Gasteiger partial charge in [-0.3, -0.25) is 0 Å². The Morgan fingerprint density at radius 3 is 2.66 bits per heavy atom. The Balaban J connectivity index is 1.66. The van der Waals surface area contributed by atoms with E-state index in [1.807, 2.05) is 18.2 Å². The number of nitrogens with zero attached hydrogens (tertiary/aromatic N) is 1. The van der Waals surface area contributed by atoms with Gasteiger partial charge in [0.05, 0.1) is 11.1 Å². The first-order chi connectivity index (χ1) is 14.0. The summed E-state index contributed by atoms with van der Waals surface area (Å²) in [7, 11) is 0. The van der Waals surface area contributed by atoms with Crippen LogP contribution in [0.4, 0.5) is 8.78 Å². The lowest BCUT2D eigenvalue weighted by Gasteiger charge is -2.22. The average Bonchev–Trinajstić information content (AvgIpc) is 2.73. The Bertz CT molecular complexity index is 1180. The van der Waals surface area contributed by atoms with Crippen molar-refractivity contribution in [1.29, 1.82) is 5.26 Å². The number of carbonyl (C=O) groups excluding carboxylic acids is 1. The maximum absolute atomic E-state index is 15.0. The molecule has 1 heterocycles. The fourth-order valence-electron chi connectivity index (χ4n) is 3.28. The third-order valence-electron chi connectivity index (χ3n) is 4.83. The van der Waals surface area contributed by atoms with Gasteiger partial charge in [0.2, 0.25) is 0 Å². The number of rotatable bonds is 3. The Labute approximate surface area is 165 Å². The second-order valence-electron chi connectivity index (χ2n) is 6.58. The highest BCUT2D eigenvalue weighted by atomic mass is 19.1. The highest BCUT2D eigenvalue weighted by molar-refractivity contribution is 5.93. The normalized spacial score (nSPS) is 11.7. The smallest absolute Gasteiger partial charge is 0.346 e. The van der Waals surface area contributed by atoms with E-state index in [4.69, 9.17) is 14.7 Å². The summed E-state index contributed by atoms with van der Waals surface area (Å²) >= 11 is 0. The molecule has 1 aliphatic heterocycles. The molecule has 3 aromatic rings. The lowest BCUT2D eigenvalue weighted by Crippen LogP contribution is -2.14. The van der Waals surface area contributed by atoms with Gasteiger partial charge in [0.1, 0.15) is 24.2 Å². The molecule has 4 rings (SSSR count). The van der Waals surface area contributed by atoms with E-state index in [0.717, 1.165) is 29.2 Å². The molecule has 0 amide bonds. The molecule has 3 aromatic carbocycles. The minimum atomic E-state index is -0.981. The topological polar surface area (TPSA) is 59.3 Å². The first-order valence-electron chi connectivity index (χ1n) is 9.01. The van der Waals surface area contributed by atoms with Gasteiger partial charge < -0.3 is 9.47 Å². The van der Waals surface area contributed by atoms with Gasteiger partial charge >= 0.3 is 5.97 Å². The summed E-state index contributed by atoms with van der Waals surface area (Å²) in [5.74, 6) is -2.77. The maximum atomic E-state index is 15.0. The summed E-state index contributed by atoms with van der Waals surface area (Å²) < 4.78 is 39.4. The standard InChI is InChI=1S/C23H15F2NO3/c1-2-13-3-6-17-15(9-13)12-28-22-18(17)7-8-19(21(22)25)23(27)29-16-5-4-14(11-26)20(24)10-16/h3-10H,2,12H2,1H3. The zero-order valence-corrected chi connectivity index (χ0v) is 15.5. The number of halogens is 2. The molecule has 6 heteroatoms. The molecule has 0 radical (unpaired) electrons. The molecule has 29 heavy (non-hydrogen) atoms. The lowest BCUT2D eigenvalue weighted by atomic mass is 9.93. The second-order valence-corrected chi connectivity index (χ2v) is 6.58. The Morgan fingerprint density at radius 2 is 1.93 bits per heavy atom. The van der Waals surface area contributed by atoms with Gasteiger partial charge in [-0.05, 0) is 47.4 Å². The third-order valence-corrected chi connectivity index (χ3v) is 4.83. The van der Waals surface area contributed by atoms with Crippen molar-refractivity contribution < 1.29 is 23.0 Å². The quantitative estimate of drug-likeness (QED) is 0.456. The molecule has 0 atom stereocenters. The van der Waals surface area contributed by atoms with E-state index in [1.165, 1.54) is 18.2 Å².